The summed E-state index contributed by atoms with van der Waals surface area (Å²) in [5.41, 5.74) is 3.59. The van der Waals surface area contributed by atoms with Crippen LogP contribution in [0.15, 0.2) is 60.8 Å². The van der Waals surface area contributed by atoms with Crippen LogP contribution in [-0.4, -0.2) is 47.9 Å². The number of benzene rings is 2. The number of carbonyl (C=O) groups excluding carboxylic acids is 2. The molecule has 142 valence electrons. The molecule has 1 aliphatic rings. The van der Waals surface area contributed by atoms with Crippen molar-refractivity contribution in [1.82, 2.24) is 9.88 Å². The lowest BCUT2D eigenvalue weighted by molar-refractivity contribution is -0.143. The van der Waals surface area contributed by atoms with Gasteiger partial charge in [0, 0.05) is 43.4 Å². The van der Waals surface area contributed by atoms with E-state index in [4.69, 9.17) is 0 Å². The van der Waals surface area contributed by atoms with Gasteiger partial charge in [0.1, 0.15) is 0 Å². The van der Waals surface area contributed by atoms with Gasteiger partial charge < -0.3 is 15.1 Å². The van der Waals surface area contributed by atoms with Gasteiger partial charge in [-0.25, -0.2) is 0 Å². The summed E-state index contributed by atoms with van der Waals surface area (Å²) >= 11 is 0. The topological polar surface area (TPSA) is 65.5 Å². The predicted octanol–water partition coefficient (Wildman–Crippen LogP) is 2.83. The Morgan fingerprint density at radius 1 is 0.964 bits per heavy atom. The molecule has 0 unspecified atom stereocenters. The molecule has 0 spiro atoms. The first kappa shape index (κ1) is 18.0. The van der Waals surface area contributed by atoms with Gasteiger partial charge in [-0.2, -0.15) is 0 Å². The van der Waals surface area contributed by atoms with Gasteiger partial charge in [-0.1, -0.05) is 30.3 Å². The van der Waals surface area contributed by atoms with Crippen LogP contribution in [0.25, 0.3) is 10.9 Å². The summed E-state index contributed by atoms with van der Waals surface area (Å²) in [4.78, 5) is 33.3. The highest BCUT2D eigenvalue weighted by atomic mass is 16.2. The molecule has 3 aromatic rings. The molecule has 1 aromatic heterocycles. The van der Waals surface area contributed by atoms with Crippen molar-refractivity contribution in [2.45, 2.75) is 6.92 Å². The molecule has 1 saturated heterocycles. The van der Waals surface area contributed by atoms with Crippen molar-refractivity contribution in [2.75, 3.05) is 36.4 Å². The first-order valence-corrected chi connectivity index (χ1v) is 9.37. The summed E-state index contributed by atoms with van der Waals surface area (Å²) < 4.78 is 0. The molecular weight excluding hydrogens is 352 g/mol. The highest BCUT2D eigenvalue weighted by molar-refractivity contribution is 6.40. The van der Waals surface area contributed by atoms with Gasteiger partial charge in [0.2, 0.25) is 0 Å². The Labute approximate surface area is 163 Å². The van der Waals surface area contributed by atoms with Crippen LogP contribution in [0.1, 0.15) is 5.56 Å². The minimum atomic E-state index is -0.623. The largest absolute Gasteiger partial charge is 0.368 e. The maximum absolute atomic E-state index is 12.6. The van der Waals surface area contributed by atoms with E-state index in [0.29, 0.717) is 37.4 Å². The number of nitrogens with zero attached hydrogens (tertiary/aromatic N) is 3. The van der Waals surface area contributed by atoms with Crippen molar-refractivity contribution in [3.05, 3.63) is 66.4 Å². The van der Waals surface area contributed by atoms with Crippen molar-refractivity contribution in [3.63, 3.8) is 0 Å². The number of pyridine rings is 1. The Morgan fingerprint density at radius 3 is 2.50 bits per heavy atom. The zero-order valence-corrected chi connectivity index (χ0v) is 15.8. The second-order valence-corrected chi connectivity index (χ2v) is 6.95. The highest BCUT2D eigenvalue weighted by Gasteiger charge is 2.26. The Bertz CT molecular complexity index is 1020. The number of fused-ring (bicyclic) bond motifs is 1. The number of para-hydroxylation sites is 1. The molecule has 2 heterocycles. The van der Waals surface area contributed by atoms with E-state index in [0.717, 1.165) is 11.1 Å². The molecule has 2 aromatic carbocycles. The first-order valence-electron chi connectivity index (χ1n) is 9.37. The lowest BCUT2D eigenvalue weighted by Crippen LogP contribution is -2.51. The maximum Gasteiger partial charge on any atom is 0.313 e. The Hall–Kier alpha value is -3.41. The van der Waals surface area contributed by atoms with Crippen LogP contribution < -0.4 is 10.2 Å². The molecule has 2 amide bonds. The van der Waals surface area contributed by atoms with Gasteiger partial charge in [-0.3, -0.25) is 14.6 Å². The van der Waals surface area contributed by atoms with Crippen molar-refractivity contribution >= 4 is 34.1 Å². The van der Waals surface area contributed by atoms with Gasteiger partial charge in [0.25, 0.3) is 0 Å². The summed E-state index contributed by atoms with van der Waals surface area (Å²) in [6, 6.07) is 17.6. The van der Waals surface area contributed by atoms with E-state index in [1.807, 2.05) is 30.3 Å². The minimum Gasteiger partial charge on any atom is -0.368 e. The molecule has 6 heteroatoms. The second kappa shape index (κ2) is 7.68. The van der Waals surface area contributed by atoms with Crippen molar-refractivity contribution in [1.29, 1.82) is 0 Å². The Kier molecular flexibility index (Phi) is 4.93. The molecule has 0 radical (unpaired) electrons. The lowest BCUT2D eigenvalue weighted by Gasteiger charge is -2.35. The van der Waals surface area contributed by atoms with E-state index in [2.05, 4.69) is 40.3 Å². The van der Waals surface area contributed by atoms with Crippen LogP contribution in [0.2, 0.25) is 0 Å². The van der Waals surface area contributed by atoms with Gasteiger partial charge in [-0.05, 0) is 36.8 Å². The molecule has 0 saturated carbocycles. The number of nitrogens with one attached hydrogen (secondary N) is 1. The van der Waals surface area contributed by atoms with E-state index < -0.39 is 11.8 Å². The number of piperazine rings is 1. The van der Waals surface area contributed by atoms with Gasteiger partial charge in [-0.15, -0.1) is 0 Å². The lowest BCUT2D eigenvalue weighted by atomic mass is 10.2. The van der Waals surface area contributed by atoms with Gasteiger partial charge in [0.05, 0.1) is 11.2 Å². The van der Waals surface area contributed by atoms with Crippen molar-refractivity contribution < 1.29 is 9.59 Å². The third kappa shape index (κ3) is 3.67. The fourth-order valence-corrected chi connectivity index (χ4v) is 3.52. The van der Waals surface area contributed by atoms with Crippen molar-refractivity contribution in [3.8, 4) is 0 Å². The minimum absolute atomic E-state index is 0.503. The fourth-order valence-electron chi connectivity index (χ4n) is 3.52. The smallest absolute Gasteiger partial charge is 0.313 e. The molecule has 1 aliphatic heterocycles. The third-order valence-electron chi connectivity index (χ3n) is 5.01. The van der Waals surface area contributed by atoms with E-state index in [9.17, 15) is 9.59 Å². The Morgan fingerprint density at radius 2 is 1.71 bits per heavy atom. The molecule has 0 bridgehead atoms. The fraction of sp³-hybridized carbons (Fsp3) is 0.227. The molecule has 1 fully saturated rings. The van der Waals surface area contributed by atoms with Crippen LogP contribution >= 0.6 is 0 Å². The summed E-state index contributed by atoms with van der Waals surface area (Å²) in [7, 11) is 0. The first-order chi connectivity index (χ1) is 13.6. The zero-order chi connectivity index (χ0) is 19.5. The zero-order valence-electron chi connectivity index (χ0n) is 15.8. The average molecular weight is 374 g/mol. The van der Waals surface area contributed by atoms with Crippen LogP contribution in [0.3, 0.4) is 0 Å². The summed E-state index contributed by atoms with van der Waals surface area (Å²) in [5.74, 6) is -1.13. The molecular formula is C22H22N4O2. The van der Waals surface area contributed by atoms with Crippen LogP contribution in [0.4, 0.5) is 11.4 Å². The van der Waals surface area contributed by atoms with Crippen LogP contribution in [0.5, 0.6) is 0 Å². The number of anilines is 2. The molecule has 6 nitrogen and oxygen atoms in total. The van der Waals surface area contributed by atoms with E-state index in [1.165, 1.54) is 5.56 Å². The molecule has 0 aliphatic carbocycles. The van der Waals surface area contributed by atoms with E-state index in [1.54, 1.807) is 17.2 Å². The quantitative estimate of drug-likeness (QED) is 0.701. The standard InChI is InChI=1S/C22H22N4O2/c1-16-5-2-8-18(15-16)25-11-13-26(14-12-25)22(28)21(27)24-19-9-3-6-17-7-4-10-23-20(17)19/h2-10,15H,11-14H2,1H3,(H,24,27). The summed E-state index contributed by atoms with van der Waals surface area (Å²) in [6.45, 7) is 4.52. The van der Waals surface area contributed by atoms with E-state index >= 15 is 0 Å². The highest BCUT2D eigenvalue weighted by Crippen LogP contribution is 2.21. The molecule has 28 heavy (non-hydrogen) atoms. The normalized spacial score (nSPS) is 14.2. The maximum atomic E-state index is 12.6. The van der Waals surface area contributed by atoms with Gasteiger partial charge >= 0.3 is 11.8 Å². The number of amides is 2. The van der Waals surface area contributed by atoms with E-state index in [-0.39, 0.29) is 0 Å². The number of rotatable bonds is 2. The number of hydrogen-bond acceptors (Lipinski definition) is 4. The average Bonchev–Trinajstić information content (AvgIpc) is 2.73. The summed E-state index contributed by atoms with van der Waals surface area (Å²) in [6.07, 6.45) is 1.67. The molecule has 0 atom stereocenters. The number of carbonyl (C=O) groups is 2. The number of aromatic nitrogens is 1. The van der Waals surface area contributed by atoms with Crippen molar-refractivity contribution in [2.24, 2.45) is 0 Å². The summed E-state index contributed by atoms with van der Waals surface area (Å²) in [5, 5.41) is 3.64. The second-order valence-electron chi connectivity index (χ2n) is 6.95. The Balaban J connectivity index is 1.40. The monoisotopic (exact) mass is 374 g/mol. The number of hydrogen-bond donors (Lipinski definition) is 1. The van der Waals surface area contributed by atoms with Crippen LogP contribution in [0, 0.1) is 6.92 Å². The van der Waals surface area contributed by atoms with Crippen LogP contribution in [-0.2, 0) is 9.59 Å². The molecule has 1 N–H and O–H groups in total. The third-order valence-corrected chi connectivity index (χ3v) is 5.01. The predicted molar refractivity (Wildman–Crippen MR) is 110 cm³/mol. The molecule has 4 rings (SSSR count). The SMILES string of the molecule is Cc1cccc(N2CCN(C(=O)C(=O)Nc3cccc4cccnc34)CC2)c1. The van der Waals surface area contributed by atoms with Gasteiger partial charge in [0.15, 0.2) is 0 Å². The number of aryl methyl sites for hydroxylation is 1.